The minimum Gasteiger partial charge on any atom is -0.351 e. The zero-order valence-electron chi connectivity index (χ0n) is 5.76. The van der Waals surface area contributed by atoms with Gasteiger partial charge in [0.05, 0.1) is 0 Å². The molecule has 4 nitrogen and oxygen atoms in total. The van der Waals surface area contributed by atoms with Crippen LogP contribution in [-0.4, -0.2) is 12.3 Å². The van der Waals surface area contributed by atoms with Crippen molar-refractivity contribution in [3.63, 3.8) is 0 Å². The molecule has 0 rings (SSSR count). The summed E-state index contributed by atoms with van der Waals surface area (Å²) in [6.07, 6.45) is 2.56. The predicted molar refractivity (Wildman–Crippen MR) is 37.2 cm³/mol. The SMILES string of the molecule is CC/C(C=O)=C/NC(N)=O. The number of urea groups is 1. The Labute approximate surface area is 59.1 Å². The highest BCUT2D eigenvalue weighted by molar-refractivity contribution is 5.77. The Morgan fingerprint density at radius 1 is 1.70 bits per heavy atom. The van der Waals surface area contributed by atoms with Crippen molar-refractivity contribution in [2.45, 2.75) is 13.3 Å². The third-order valence-corrected chi connectivity index (χ3v) is 0.959. The molecule has 0 aromatic carbocycles. The summed E-state index contributed by atoms with van der Waals surface area (Å²) >= 11 is 0. The number of allylic oxidation sites excluding steroid dienone is 1. The van der Waals surface area contributed by atoms with Crippen LogP contribution >= 0.6 is 0 Å². The lowest BCUT2D eigenvalue weighted by Gasteiger charge is -1.93. The number of carbonyl (C=O) groups excluding carboxylic acids is 2. The smallest absolute Gasteiger partial charge is 0.316 e. The Balaban J connectivity index is 3.86. The second kappa shape index (κ2) is 4.55. The number of carbonyl (C=O) groups is 2. The van der Waals surface area contributed by atoms with Gasteiger partial charge in [-0.15, -0.1) is 0 Å². The molecule has 0 bridgehead atoms. The number of primary amides is 1. The Morgan fingerprint density at radius 3 is 2.60 bits per heavy atom. The number of hydrogen-bond donors (Lipinski definition) is 2. The molecule has 0 saturated carbocycles. The van der Waals surface area contributed by atoms with Gasteiger partial charge in [0.2, 0.25) is 0 Å². The molecule has 2 amide bonds. The first-order chi connectivity index (χ1) is 4.70. The van der Waals surface area contributed by atoms with Crippen molar-refractivity contribution in [3.8, 4) is 0 Å². The third-order valence-electron chi connectivity index (χ3n) is 0.959. The second-order valence-electron chi connectivity index (χ2n) is 1.70. The van der Waals surface area contributed by atoms with Gasteiger partial charge in [-0.3, -0.25) is 4.79 Å². The quantitative estimate of drug-likeness (QED) is 0.434. The summed E-state index contributed by atoms with van der Waals surface area (Å²) in [5.41, 5.74) is 5.25. The van der Waals surface area contributed by atoms with Gasteiger partial charge in [0, 0.05) is 11.8 Å². The fourth-order valence-corrected chi connectivity index (χ4v) is 0.383. The average Bonchev–Trinajstić information content (AvgIpc) is 1.90. The molecule has 0 atom stereocenters. The molecule has 0 aromatic rings. The molecule has 0 heterocycles. The normalized spacial score (nSPS) is 10.7. The molecule has 0 unspecified atom stereocenters. The number of rotatable bonds is 3. The Bertz CT molecular complexity index is 163. The Kier molecular flexibility index (Phi) is 3.95. The molecule has 0 saturated heterocycles. The van der Waals surface area contributed by atoms with Crippen molar-refractivity contribution in [3.05, 3.63) is 11.8 Å². The monoisotopic (exact) mass is 142 g/mol. The Hall–Kier alpha value is -1.32. The van der Waals surface area contributed by atoms with Gasteiger partial charge in [0.1, 0.15) is 6.29 Å². The molecule has 0 spiro atoms. The van der Waals surface area contributed by atoms with E-state index in [1.54, 1.807) is 0 Å². The van der Waals surface area contributed by atoms with Gasteiger partial charge < -0.3 is 11.1 Å². The highest BCUT2D eigenvalue weighted by Gasteiger charge is 1.90. The fourth-order valence-electron chi connectivity index (χ4n) is 0.383. The lowest BCUT2D eigenvalue weighted by molar-refractivity contribution is -0.105. The molecular formula is C6H10N2O2. The molecule has 0 aliphatic heterocycles. The van der Waals surface area contributed by atoms with Gasteiger partial charge in [-0.2, -0.15) is 0 Å². The number of nitrogens with one attached hydrogen (secondary N) is 1. The summed E-state index contributed by atoms with van der Waals surface area (Å²) in [4.78, 5) is 20.2. The lowest BCUT2D eigenvalue weighted by Crippen LogP contribution is -2.24. The first-order valence-corrected chi connectivity index (χ1v) is 2.91. The van der Waals surface area contributed by atoms with Crippen LogP contribution in [0, 0.1) is 0 Å². The number of aldehydes is 1. The highest BCUT2D eigenvalue weighted by atomic mass is 16.2. The van der Waals surface area contributed by atoms with E-state index in [9.17, 15) is 9.59 Å². The number of hydrogen-bond acceptors (Lipinski definition) is 2. The third kappa shape index (κ3) is 3.65. The molecule has 56 valence electrons. The number of amides is 2. The van der Waals surface area contributed by atoms with E-state index in [2.05, 4.69) is 5.32 Å². The average molecular weight is 142 g/mol. The van der Waals surface area contributed by atoms with Gasteiger partial charge in [-0.1, -0.05) is 6.92 Å². The van der Waals surface area contributed by atoms with E-state index in [1.165, 1.54) is 6.20 Å². The fraction of sp³-hybridized carbons (Fsp3) is 0.333. The van der Waals surface area contributed by atoms with E-state index in [0.717, 1.165) is 0 Å². The van der Waals surface area contributed by atoms with Gasteiger partial charge in [-0.05, 0) is 6.42 Å². The van der Waals surface area contributed by atoms with Crippen molar-refractivity contribution in [2.75, 3.05) is 0 Å². The van der Waals surface area contributed by atoms with Crippen LogP contribution in [0.4, 0.5) is 4.79 Å². The minimum absolute atomic E-state index is 0.513. The zero-order valence-corrected chi connectivity index (χ0v) is 5.76. The van der Waals surface area contributed by atoms with Crippen molar-refractivity contribution in [1.82, 2.24) is 5.32 Å². The largest absolute Gasteiger partial charge is 0.351 e. The van der Waals surface area contributed by atoms with Crippen LogP contribution in [0.25, 0.3) is 0 Å². The predicted octanol–water partition coefficient (Wildman–Crippen LogP) is 0.148. The van der Waals surface area contributed by atoms with Crippen LogP contribution in [0.15, 0.2) is 11.8 Å². The van der Waals surface area contributed by atoms with E-state index in [-0.39, 0.29) is 0 Å². The standard InChI is InChI=1S/C6H10N2O2/c1-2-5(4-9)3-8-6(7)10/h3-4H,2H2,1H3,(H3,7,8,10)/b5-3-. The van der Waals surface area contributed by atoms with E-state index in [1.807, 2.05) is 6.92 Å². The zero-order chi connectivity index (χ0) is 7.98. The van der Waals surface area contributed by atoms with Crippen LogP contribution in [0.1, 0.15) is 13.3 Å². The molecule has 0 aliphatic carbocycles. The van der Waals surface area contributed by atoms with E-state index >= 15 is 0 Å². The van der Waals surface area contributed by atoms with Crippen molar-refractivity contribution in [1.29, 1.82) is 0 Å². The molecule has 0 aliphatic rings. The molecule has 3 N–H and O–H groups in total. The maximum Gasteiger partial charge on any atom is 0.316 e. The van der Waals surface area contributed by atoms with E-state index in [4.69, 9.17) is 5.73 Å². The van der Waals surface area contributed by atoms with Crippen LogP contribution in [-0.2, 0) is 4.79 Å². The van der Waals surface area contributed by atoms with Gasteiger partial charge in [-0.25, -0.2) is 4.79 Å². The van der Waals surface area contributed by atoms with Crippen LogP contribution < -0.4 is 11.1 Å². The van der Waals surface area contributed by atoms with E-state index in [0.29, 0.717) is 18.3 Å². The highest BCUT2D eigenvalue weighted by Crippen LogP contribution is 1.91. The summed E-state index contributed by atoms with van der Waals surface area (Å²) in [5, 5.41) is 2.19. The van der Waals surface area contributed by atoms with Crippen LogP contribution in [0.2, 0.25) is 0 Å². The first-order valence-electron chi connectivity index (χ1n) is 2.91. The summed E-state index contributed by atoms with van der Waals surface area (Å²) < 4.78 is 0. The maximum absolute atomic E-state index is 10.1. The van der Waals surface area contributed by atoms with Crippen molar-refractivity contribution >= 4 is 12.3 Å². The first kappa shape index (κ1) is 8.68. The topological polar surface area (TPSA) is 72.2 Å². The molecule has 0 aromatic heterocycles. The Morgan fingerprint density at radius 2 is 2.30 bits per heavy atom. The lowest BCUT2D eigenvalue weighted by atomic mass is 10.2. The minimum atomic E-state index is -0.659. The molecule has 4 heteroatoms. The molecular weight excluding hydrogens is 132 g/mol. The summed E-state index contributed by atoms with van der Waals surface area (Å²) in [6.45, 7) is 1.81. The summed E-state index contributed by atoms with van der Waals surface area (Å²) in [6, 6.07) is -0.659. The van der Waals surface area contributed by atoms with Crippen LogP contribution in [0.3, 0.4) is 0 Å². The molecule has 0 fully saturated rings. The second-order valence-corrected chi connectivity index (χ2v) is 1.70. The van der Waals surface area contributed by atoms with E-state index < -0.39 is 6.03 Å². The van der Waals surface area contributed by atoms with Crippen LogP contribution in [0.5, 0.6) is 0 Å². The van der Waals surface area contributed by atoms with Crippen molar-refractivity contribution in [2.24, 2.45) is 5.73 Å². The van der Waals surface area contributed by atoms with Gasteiger partial charge >= 0.3 is 6.03 Å². The molecule has 10 heavy (non-hydrogen) atoms. The summed E-state index contributed by atoms with van der Waals surface area (Å²) in [5.74, 6) is 0. The van der Waals surface area contributed by atoms with Crippen molar-refractivity contribution < 1.29 is 9.59 Å². The maximum atomic E-state index is 10.1. The molecule has 0 radical (unpaired) electrons. The van der Waals surface area contributed by atoms with Gasteiger partial charge in [0.15, 0.2) is 0 Å². The number of nitrogens with two attached hydrogens (primary N) is 1. The summed E-state index contributed by atoms with van der Waals surface area (Å²) in [7, 11) is 0. The van der Waals surface area contributed by atoms with Gasteiger partial charge in [0.25, 0.3) is 0 Å².